The molecule has 1 aliphatic heterocycles. The van der Waals surface area contributed by atoms with Crippen LogP contribution in [0.25, 0.3) is 10.6 Å². The molecule has 1 atom stereocenters. The molecule has 2 amide bonds. The van der Waals surface area contributed by atoms with Crippen molar-refractivity contribution in [2.24, 2.45) is 0 Å². The lowest BCUT2D eigenvalue weighted by atomic mass is 9.71. The van der Waals surface area contributed by atoms with Gasteiger partial charge >= 0.3 is 0 Å². The first-order valence-corrected chi connectivity index (χ1v) is 13.0. The molecule has 0 aliphatic carbocycles. The van der Waals surface area contributed by atoms with Crippen LogP contribution in [0.3, 0.4) is 0 Å². The Morgan fingerprint density at radius 3 is 2.25 bits per heavy atom. The van der Waals surface area contributed by atoms with E-state index in [-0.39, 0.29) is 17.9 Å². The summed E-state index contributed by atoms with van der Waals surface area (Å²) >= 11 is 1.45. The Balaban J connectivity index is 1.33. The van der Waals surface area contributed by atoms with Crippen LogP contribution in [0, 0.1) is 0 Å². The maximum atomic E-state index is 13.8. The summed E-state index contributed by atoms with van der Waals surface area (Å²) < 4.78 is 0. The van der Waals surface area contributed by atoms with Gasteiger partial charge < -0.3 is 10.2 Å². The van der Waals surface area contributed by atoms with Crippen molar-refractivity contribution < 1.29 is 9.59 Å². The summed E-state index contributed by atoms with van der Waals surface area (Å²) in [5.74, 6) is -0.0861. The molecule has 7 heteroatoms. The number of nitrogens with zero attached hydrogens (tertiary/aromatic N) is 3. The summed E-state index contributed by atoms with van der Waals surface area (Å²) in [4.78, 5) is 37.5. The van der Waals surface area contributed by atoms with E-state index in [9.17, 15) is 9.59 Å². The van der Waals surface area contributed by atoms with Gasteiger partial charge in [0.2, 0.25) is 5.91 Å². The normalized spacial score (nSPS) is 15.8. The summed E-state index contributed by atoms with van der Waals surface area (Å²) in [7, 11) is 0. The van der Waals surface area contributed by atoms with E-state index in [1.807, 2.05) is 90.0 Å². The number of amides is 2. The van der Waals surface area contributed by atoms with E-state index in [1.165, 1.54) is 11.3 Å². The van der Waals surface area contributed by atoms with Crippen molar-refractivity contribution in [3.8, 4) is 10.6 Å². The van der Waals surface area contributed by atoms with Gasteiger partial charge in [-0.15, -0.1) is 11.3 Å². The Morgan fingerprint density at radius 1 is 0.944 bits per heavy atom. The molecule has 0 radical (unpaired) electrons. The zero-order chi connectivity index (χ0) is 25.0. The molecule has 1 aliphatic rings. The summed E-state index contributed by atoms with van der Waals surface area (Å²) in [5.41, 5.74) is 2.76. The third-order valence-electron chi connectivity index (χ3n) is 6.96. The highest BCUT2D eigenvalue weighted by molar-refractivity contribution is 7.13. The van der Waals surface area contributed by atoms with Crippen LogP contribution in [0.2, 0.25) is 0 Å². The molecule has 2 aromatic carbocycles. The van der Waals surface area contributed by atoms with Crippen LogP contribution in [0.1, 0.15) is 47.4 Å². The van der Waals surface area contributed by atoms with Crippen molar-refractivity contribution in [3.63, 3.8) is 0 Å². The number of hydrogen-bond acceptors (Lipinski definition) is 5. The highest BCUT2D eigenvalue weighted by atomic mass is 32.1. The number of rotatable bonds is 6. The third kappa shape index (κ3) is 4.79. The second-order valence-corrected chi connectivity index (χ2v) is 9.98. The maximum absolute atomic E-state index is 13.8. The van der Waals surface area contributed by atoms with E-state index in [4.69, 9.17) is 0 Å². The van der Waals surface area contributed by atoms with Crippen LogP contribution in [0.15, 0.2) is 90.6 Å². The minimum absolute atomic E-state index is 0.00536. The number of carbonyl (C=O) groups excluding carboxylic acids is 2. The Morgan fingerprint density at radius 2 is 1.58 bits per heavy atom. The van der Waals surface area contributed by atoms with Crippen molar-refractivity contribution in [2.45, 2.75) is 31.2 Å². The molecule has 36 heavy (non-hydrogen) atoms. The predicted octanol–water partition coefficient (Wildman–Crippen LogP) is 5.26. The van der Waals surface area contributed by atoms with E-state index in [0.29, 0.717) is 31.6 Å². The first-order chi connectivity index (χ1) is 17.6. The van der Waals surface area contributed by atoms with Crippen LogP contribution in [0.4, 0.5) is 0 Å². The quantitative estimate of drug-likeness (QED) is 0.395. The molecule has 0 saturated carbocycles. The Hall–Kier alpha value is -3.84. The number of likely N-dealkylation sites (tertiary alicyclic amines) is 1. The second-order valence-electron chi connectivity index (χ2n) is 9.12. The molecule has 1 saturated heterocycles. The summed E-state index contributed by atoms with van der Waals surface area (Å²) in [6.45, 7) is 2.99. The number of nitrogens with one attached hydrogen (secondary N) is 1. The van der Waals surface area contributed by atoms with E-state index >= 15 is 0 Å². The molecule has 5 rings (SSSR count). The molecule has 1 unspecified atom stereocenters. The standard InChI is InChI=1S/C29H28N4O2S/c1-21(22-8-4-2-5-9-22)31-28(35)29(24-10-6-3-7-11-24)14-18-33(19-15-29)27(34)25-20-36-26(32-25)23-12-16-30-17-13-23/h2-13,16-17,20-21H,14-15,18-19H2,1H3,(H,31,35). The SMILES string of the molecule is CC(NC(=O)C1(c2ccccc2)CCN(C(=O)c2csc(-c3ccncc3)n2)CC1)c1ccccc1. The van der Waals surface area contributed by atoms with Gasteiger partial charge in [-0.1, -0.05) is 60.7 Å². The fourth-order valence-corrected chi connectivity index (χ4v) is 5.62. The lowest BCUT2D eigenvalue weighted by Gasteiger charge is -2.41. The van der Waals surface area contributed by atoms with E-state index in [2.05, 4.69) is 15.3 Å². The van der Waals surface area contributed by atoms with Gasteiger partial charge in [0.1, 0.15) is 10.7 Å². The fourth-order valence-electron chi connectivity index (χ4n) is 4.82. The number of piperidine rings is 1. The molecule has 0 spiro atoms. The smallest absolute Gasteiger partial charge is 0.273 e. The monoisotopic (exact) mass is 496 g/mol. The molecule has 4 aromatic rings. The largest absolute Gasteiger partial charge is 0.349 e. The Labute approximate surface area is 215 Å². The van der Waals surface area contributed by atoms with Crippen LogP contribution in [-0.4, -0.2) is 39.8 Å². The van der Waals surface area contributed by atoms with Crippen LogP contribution in [0.5, 0.6) is 0 Å². The average molecular weight is 497 g/mol. The van der Waals surface area contributed by atoms with Crippen molar-refractivity contribution in [2.75, 3.05) is 13.1 Å². The second kappa shape index (κ2) is 10.4. The molecular weight excluding hydrogens is 468 g/mol. The molecular formula is C29H28N4O2S. The van der Waals surface area contributed by atoms with Gasteiger partial charge in [-0.3, -0.25) is 14.6 Å². The third-order valence-corrected chi connectivity index (χ3v) is 7.85. The molecule has 3 heterocycles. The zero-order valence-corrected chi connectivity index (χ0v) is 20.9. The number of aromatic nitrogens is 2. The Kier molecular flexibility index (Phi) is 6.91. The average Bonchev–Trinajstić information content (AvgIpc) is 3.44. The molecule has 2 aromatic heterocycles. The van der Waals surface area contributed by atoms with Crippen LogP contribution >= 0.6 is 11.3 Å². The first kappa shape index (κ1) is 23.9. The van der Waals surface area contributed by atoms with Gasteiger partial charge in [-0.05, 0) is 43.0 Å². The van der Waals surface area contributed by atoms with Gasteiger partial charge in [0.25, 0.3) is 5.91 Å². The molecule has 0 bridgehead atoms. The number of hydrogen-bond donors (Lipinski definition) is 1. The van der Waals surface area contributed by atoms with Crippen molar-refractivity contribution in [1.82, 2.24) is 20.2 Å². The number of pyridine rings is 1. The maximum Gasteiger partial charge on any atom is 0.273 e. The van der Waals surface area contributed by atoms with Crippen molar-refractivity contribution >= 4 is 23.2 Å². The van der Waals surface area contributed by atoms with Gasteiger partial charge in [0.15, 0.2) is 0 Å². The lowest BCUT2D eigenvalue weighted by Crippen LogP contribution is -2.53. The van der Waals surface area contributed by atoms with E-state index < -0.39 is 5.41 Å². The number of benzene rings is 2. The highest BCUT2D eigenvalue weighted by Gasteiger charge is 2.44. The summed E-state index contributed by atoms with van der Waals surface area (Å²) in [6, 6.07) is 23.6. The van der Waals surface area contributed by atoms with Crippen LogP contribution < -0.4 is 5.32 Å². The Bertz CT molecular complexity index is 1320. The van der Waals surface area contributed by atoms with Crippen LogP contribution in [-0.2, 0) is 10.2 Å². The van der Waals surface area contributed by atoms with E-state index in [0.717, 1.165) is 21.7 Å². The minimum atomic E-state index is -0.689. The molecule has 1 fully saturated rings. The topological polar surface area (TPSA) is 75.2 Å². The first-order valence-electron chi connectivity index (χ1n) is 12.1. The molecule has 6 nitrogen and oxygen atoms in total. The van der Waals surface area contributed by atoms with Gasteiger partial charge in [0, 0.05) is 36.4 Å². The van der Waals surface area contributed by atoms with Crippen molar-refractivity contribution in [3.05, 3.63) is 107 Å². The molecule has 182 valence electrons. The summed E-state index contributed by atoms with van der Waals surface area (Å²) in [6.07, 6.45) is 4.54. The van der Waals surface area contributed by atoms with Crippen molar-refractivity contribution in [1.29, 1.82) is 0 Å². The molecule has 1 N–H and O–H groups in total. The van der Waals surface area contributed by atoms with E-state index in [1.54, 1.807) is 12.4 Å². The number of carbonyl (C=O) groups is 2. The minimum Gasteiger partial charge on any atom is -0.349 e. The number of thiazole rings is 1. The highest BCUT2D eigenvalue weighted by Crippen LogP contribution is 2.37. The van der Waals surface area contributed by atoms with Gasteiger partial charge in [-0.2, -0.15) is 0 Å². The predicted molar refractivity (Wildman–Crippen MR) is 142 cm³/mol. The van der Waals surface area contributed by atoms with Gasteiger partial charge in [-0.25, -0.2) is 4.98 Å². The summed E-state index contributed by atoms with van der Waals surface area (Å²) in [5, 5.41) is 5.85. The lowest BCUT2D eigenvalue weighted by molar-refractivity contribution is -0.129. The fraction of sp³-hybridized carbons (Fsp3) is 0.241. The zero-order valence-electron chi connectivity index (χ0n) is 20.1. The van der Waals surface area contributed by atoms with Gasteiger partial charge in [0.05, 0.1) is 11.5 Å².